The summed E-state index contributed by atoms with van der Waals surface area (Å²) in [7, 11) is 0. The number of alkyl halides is 4. The van der Waals surface area contributed by atoms with Gasteiger partial charge in [-0.25, -0.2) is 8.78 Å². The predicted octanol–water partition coefficient (Wildman–Crippen LogP) is 3.18. The Morgan fingerprint density at radius 2 is 2.05 bits per heavy atom. The number of fused-ring (bicyclic) bond motifs is 1. The summed E-state index contributed by atoms with van der Waals surface area (Å²) in [5.74, 6) is -6.96. The largest absolute Gasteiger partial charge is 0.383 e. The molecule has 0 aliphatic rings. The number of rotatable bonds is 3. The molecule has 1 amide bonds. The maximum Gasteiger partial charge on any atom is 0.383 e. The second-order valence-electron chi connectivity index (χ2n) is 3.43. The summed E-state index contributed by atoms with van der Waals surface area (Å²) in [6, 6.07) is 2.75. The molecule has 1 N–H and O–H groups in total. The van der Waals surface area contributed by atoms with E-state index in [2.05, 4.69) is 8.75 Å². The van der Waals surface area contributed by atoms with Gasteiger partial charge in [0.1, 0.15) is 11.0 Å². The van der Waals surface area contributed by atoms with E-state index in [1.165, 1.54) is 12.1 Å². The monoisotopic (exact) mass is 313 g/mol. The van der Waals surface area contributed by atoms with Gasteiger partial charge in [0.25, 0.3) is 0 Å². The fraction of sp³-hybridized carbons (Fsp3) is 0.222. The number of nitrogens with one attached hydrogen (secondary N) is 1. The first-order valence-electron chi connectivity index (χ1n) is 4.72. The summed E-state index contributed by atoms with van der Waals surface area (Å²) in [5.41, 5.74) is 0.110. The zero-order valence-electron chi connectivity index (χ0n) is 8.83. The van der Waals surface area contributed by atoms with E-state index in [9.17, 15) is 22.4 Å². The van der Waals surface area contributed by atoms with E-state index in [0.29, 0.717) is 5.52 Å². The number of hydrogen-bond acceptors (Lipinski definition) is 4. The van der Waals surface area contributed by atoms with E-state index >= 15 is 0 Å². The molecule has 19 heavy (non-hydrogen) atoms. The lowest BCUT2D eigenvalue weighted by atomic mass is 10.2. The first-order valence-corrected chi connectivity index (χ1v) is 5.83. The molecule has 0 saturated carbocycles. The van der Waals surface area contributed by atoms with Gasteiger partial charge in [-0.1, -0.05) is 11.6 Å². The van der Waals surface area contributed by atoms with E-state index in [1.807, 2.05) is 0 Å². The number of halogens is 5. The Bertz CT molecular complexity index is 633. The van der Waals surface area contributed by atoms with Crippen LogP contribution in [0.25, 0.3) is 11.0 Å². The minimum absolute atomic E-state index is 0.0657. The fourth-order valence-corrected chi connectivity index (χ4v) is 1.98. The third kappa shape index (κ3) is 2.47. The second-order valence-corrected chi connectivity index (χ2v) is 4.37. The Labute approximate surface area is 112 Å². The van der Waals surface area contributed by atoms with E-state index in [1.54, 1.807) is 5.32 Å². The lowest BCUT2D eigenvalue weighted by molar-refractivity contribution is -0.163. The van der Waals surface area contributed by atoms with E-state index in [0.717, 1.165) is 11.7 Å². The maximum atomic E-state index is 12.8. The highest BCUT2D eigenvalue weighted by atomic mass is 35.5. The Morgan fingerprint density at radius 3 is 2.68 bits per heavy atom. The first kappa shape index (κ1) is 13.9. The van der Waals surface area contributed by atoms with Crippen molar-refractivity contribution < 1.29 is 22.4 Å². The van der Waals surface area contributed by atoms with E-state index in [-0.39, 0.29) is 16.2 Å². The van der Waals surface area contributed by atoms with Crippen molar-refractivity contribution >= 4 is 46.0 Å². The summed E-state index contributed by atoms with van der Waals surface area (Å²) in [4.78, 5) is 11.1. The van der Waals surface area contributed by atoms with E-state index in [4.69, 9.17) is 11.6 Å². The van der Waals surface area contributed by atoms with Crippen LogP contribution in [0.3, 0.4) is 0 Å². The van der Waals surface area contributed by atoms with Crippen molar-refractivity contribution in [2.45, 2.75) is 12.3 Å². The highest BCUT2D eigenvalue weighted by molar-refractivity contribution is 7.00. The molecule has 1 heterocycles. The fourth-order valence-electron chi connectivity index (χ4n) is 1.24. The number of aromatic nitrogens is 2. The number of hydrogen-bond donors (Lipinski definition) is 1. The molecule has 2 aromatic rings. The van der Waals surface area contributed by atoms with E-state index < -0.39 is 18.3 Å². The van der Waals surface area contributed by atoms with Crippen molar-refractivity contribution in [2.75, 3.05) is 5.32 Å². The van der Waals surface area contributed by atoms with Crippen molar-refractivity contribution in [1.29, 1.82) is 0 Å². The molecule has 1 aromatic carbocycles. The number of benzene rings is 1. The molecule has 4 nitrogen and oxygen atoms in total. The molecule has 0 radical (unpaired) electrons. The molecule has 0 atom stereocenters. The number of carbonyl (C=O) groups excluding carboxylic acids is 1. The van der Waals surface area contributed by atoms with Crippen LogP contribution < -0.4 is 5.32 Å². The number of amides is 1. The molecule has 1 aromatic heterocycles. The Balaban J connectivity index is 2.39. The van der Waals surface area contributed by atoms with Crippen LogP contribution in [0.2, 0.25) is 5.02 Å². The van der Waals surface area contributed by atoms with Crippen LogP contribution in [-0.2, 0) is 4.79 Å². The zero-order valence-corrected chi connectivity index (χ0v) is 10.4. The molecule has 0 aliphatic heterocycles. The van der Waals surface area contributed by atoms with Crippen LogP contribution in [0.1, 0.15) is 0 Å². The molecule has 0 spiro atoms. The minimum atomic E-state index is -4.81. The van der Waals surface area contributed by atoms with Gasteiger partial charge in [0.2, 0.25) is 0 Å². The van der Waals surface area contributed by atoms with Crippen molar-refractivity contribution in [2.24, 2.45) is 0 Å². The van der Waals surface area contributed by atoms with Crippen LogP contribution >= 0.6 is 23.3 Å². The molecule has 102 valence electrons. The highest BCUT2D eigenvalue weighted by Gasteiger charge is 2.49. The topological polar surface area (TPSA) is 54.9 Å². The molecule has 10 heteroatoms. The second kappa shape index (κ2) is 4.89. The Hall–Kier alpha value is -1.48. The SMILES string of the molecule is O=C(Nc1c(Cl)ccc2nsnc12)C(F)(F)C(F)F. The van der Waals surface area contributed by atoms with Crippen molar-refractivity contribution in [1.82, 2.24) is 8.75 Å². The standard InChI is InChI=1S/C9H4ClF4N3OS/c10-3-1-2-4-6(17-19-16-4)5(3)15-8(18)9(13,14)7(11)12/h1-2,7H,(H,15,18). The first-order chi connectivity index (χ1) is 8.84. The van der Waals surface area contributed by atoms with Crippen molar-refractivity contribution in [3.8, 4) is 0 Å². The minimum Gasteiger partial charge on any atom is -0.317 e. The summed E-state index contributed by atoms with van der Waals surface area (Å²) in [6.45, 7) is 0. The molecule has 0 fully saturated rings. The molecule has 0 aliphatic carbocycles. The third-order valence-corrected chi connectivity index (χ3v) is 3.05. The van der Waals surface area contributed by atoms with Crippen LogP contribution in [0.5, 0.6) is 0 Å². The smallest absolute Gasteiger partial charge is 0.317 e. The normalized spacial score (nSPS) is 12.1. The predicted molar refractivity (Wildman–Crippen MR) is 62.0 cm³/mol. The Kier molecular flexibility index (Phi) is 3.59. The molecule has 2 rings (SSSR count). The Morgan fingerprint density at radius 1 is 1.37 bits per heavy atom. The van der Waals surface area contributed by atoms with Gasteiger partial charge in [-0.2, -0.15) is 17.5 Å². The van der Waals surface area contributed by atoms with Gasteiger partial charge >= 0.3 is 18.3 Å². The quantitative estimate of drug-likeness (QED) is 0.885. The van der Waals surface area contributed by atoms with Crippen LogP contribution in [-0.4, -0.2) is 27.0 Å². The van der Waals surface area contributed by atoms with Crippen LogP contribution in [0.4, 0.5) is 23.2 Å². The number of nitrogens with zero attached hydrogens (tertiary/aromatic N) is 2. The summed E-state index contributed by atoms with van der Waals surface area (Å²) < 4.78 is 57.4. The lowest BCUT2D eigenvalue weighted by Gasteiger charge is -2.15. The molecule has 0 unspecified atom stereocenters. The van der Waals surface area contributed by atoms with Gasteiger partial charge in [-0.05, 0) is 12.1 Å². The summed E-state index contributed by atoms with van der Waals surface area (Å²) in [5, 5.41) is 1.57. The van der Waals surface area contributed by atoms with Gasteiger partial charge in [0.05, 0.1) is 22.4 Å². The van der Waals surface area contributed by atoms with Crippen molar-refractivity contribution in [3.05, 3.63) is 17.2 Å². The van der Waals surface area contributed by atoms with Gasteiger partial charge in [-0.15, -0.1) is 0 Å². The molecule has 0 saturated heterocycles. The van der Waals surface area contributed by atoms with Crippen LogP contribution in [0.15, 0.2) is 12.1 Å². The van der Waals surface area contributed by atoms with Crippen molar-refractivity contribution in [3.63, 3.8) is 0 Å². The van der Waals surface area contributed by atoms with Crippen LogP contribution in [0, 0.1) is 0 Å². The number of anilines is 1. The summed E-state index contributed by atoms with van der Waals surface area (Å²) in [6.07, 6.45) is -4.11. The zero-order chi connectivity index (χ0) is 14.2. The molecular weight excluding hydrogens is 310 g/mol. The highest BCUT2D eigenvalue weighted by Crippen LogP contribution is 2.32. The maximum absolute atomic E-state index is 12.8. The average Bonchev–Trinajstić information content (AvgIpc) is 2.80. The lowest BCUT2D eigenvalue weighted by Crippen LogP contribution is -2.41. The third-order valence-electron chi connectivity index (χ3n) is 2.19. The van der Waals surface area contributed by atoms with Gasteiger partial charge in [0.15, 0.2) is 0 Å². The van der Waals surface area contributed by atoms with Gasteiger partial charge in [-0.3, -0.25) is 4.79 Å². The summed E-state index contributed by atoms with van der Waals surface area (Å²) >= 11 is 6.49. The molecular formula is C9H4ClF4N3OS. The van der Waals surface area contributed by atoms with Gasteiger partial charge < -0.3 is 5.32 Å². The average molecular weight is 314 g/mol. The van der Waals surface area contributed by atoms with Gasteiger partial charge in [0, 0.05) is 0 Å². The number of carbonyl (C=O) groups is 1. The molecule has 0 bridgehead atoms.